The Morgan fingerprint density at radius 1 is 1.32 bits per heavy atom. The molecule has 1 aromatic carbocycles. The summed E-state index contributed by atoms with van der Waals surface area (Å²) in [5, 5.41) is 23.1. The Bertz CT molecular complexity index is 611. The predicted octanol–water partition coefficient (Wildman–Crippen LogP) is 3.14. The molecule has 138 valence electrons. The molecule has 0 radical (unpaired) electrons. The number of aliphatic hydroxyl groups excluding tert-OH is 1. The number of nitriles is 1. The molecule has 0 saturated heterocycles. The van der Waals surface area contributed by atoms with Gasteiger partial charge in [0.05, 0.1) is 12.7 Å². The van der Waals surface area contributed by atoms with Crippen molar-refractivity contribution in [3.05, 3.63) is 23.3 Å². The Morgan fingerprint density at radius 2 is 2.00 bits per heavy atom. The summed E-state index contributed by atoms with van der Waals surface area (Å²) >= 11 is 0. The molecule has 0 bridgehead atoms. The van der Waals surface area contributed by atoms with Crippen LogP contribution in [0, 0.1) is 11.3 Å². The van der Waals surface area contributed by atoms with Crippen molar-refractivity contribution in [1.29, 1.82) is 5.26 Å². The van der Waals surface area contributed by atoms with Crippen LogP contribution in [0.25, 0.3) is 0 Å². The van der Waals surface area contributed by atoms with E-state index in [2.05, 4.69) is 32.2 Å². The largest absolute Gasteiger partial charge is 0.497 e. The quantitative estimate of drug-likeness (QED) is 0.793. The zero-order valence-corrected chi connectivity index (χ0v) is 15.8. The van der Waals surface area contributed by atoms with E-state index in [4.69, 9.17) is 9.47 Å². The smallest absolute Gasteiger partial charge is 0.141 e. The van der Waals surface area contributed by atoms with E-state index in [9.17, 15) is 10.4 Å². The second-order valence-corrected chi connectivity index (χ2v) is 7.77. The Kier molecular flexibility index (Phi) is 6.69. The lowest BCUT2D eigenvalue weighted by Gasteiger charge is -2.25. The molecule has 1 unspecified atom stereocenters. The molecule has 2 N–H and O–H groups in total. The van der Waals surface area contributed by atoms with Crippen molar-refractivity contribution in [1.82, 2.24) is 5.32 Å². The molecule has 0 heterocycles. The number of methoxy groups -OCH3 is 1. The van der Waals surface area contributed by atoms with Gasteiger partial charge in [-0.05, 0) is 24.3 Å². The number of hydrogen-bond donors (Lipinski definition) is 2. The predicted molar refractivity (Wildman–Crippen MR) is 98.2 cm³/mol. The monoisotopic (exact) mass is 346 g/mol. The number of nitrogens with one attached hydrogen (secondary N) is 1. The van der Waals surface area contributed by atoms with Crippen LogP contribution in [0.3, 0.4) is 0 Å². The van der Waals surface area contributed by atoms with Crippen molar-refractivity contribution in [2.45, 2.75) is 64.0 Å². The molecule has 0 amide bonds. The molecule has 5 heteroatoms. The minimum absolute atomic E-state index is 0.157. The van der Waals surface area contributed by atoms with E-state index in [1.54, 1.807) is 13.2 Å². The molecular weight excluding hydrogens is 316 g/mol. The number of hydrogen-bond acceptors (Lipinski definition) is 5. The molecule has 1 fully saturated rings. The molecule has 0 aliphatic heterocycles. The second-order valence-electron chi connectivity index (χ2n) is 7.77. The first kappa shape index (κ1) is 19.6. The van der Waals surface area contributed by atoms with Crippen LogP contribution in [-0.2, 0) is 5.41 Å². The first-order valence-corrected chi connectivity index (χ1v) is 9.02. The van der Waals surface area contributed by atoms with Crippen LogP contribution >= 0.6 is 0 Å². The van der Waals surface area contributed by atoms with Crippen molar-refractivity contribution in [2.24, 2.45) is 0 Å². The van der Waals surface area contributed by atoms with Gasteiger partial charge < -0.3 is 19.9 Å². The van der Waals surface area contributed by atoms with Gasteiger partial charge in [-0.2, -0.15) is 5.26 Å². The topological polar surface area (TPSA) is 74.5 Å². The number of aliphatic hydroxyl groups is 1. The summed E-state index contributed by atoms with van der Waals surface area (Å²) in [4.78, 5) is 0. The fourth-order valence-electron chi connectivity index (χ4n) is 3.19. The van der Waals surface area contributed by atoms with Crippen molar-refractivity contribution in [3.63, 3.8) is 0 Å². The summed E-state index contributed by atoms with van der Waals surface area (Å²) < 4.78 is 11.2. The van der Waals surface area contributed by atoms with E-state index >= 15 is 0 Å². The van der Waals surface area contributed by atoms with Crippen LogP contribution in [0.1, 0.15) is 57.6 Å². The van der Waals surface area contributed by atoms with Crippen molar-refractivity contribution >= 4 is 0 Å². The average molecular weight is 346 g/mol. The zero-order valence-electron chi connectivity index (χ0n) is 15.8. The molecule has 5 nitrogen and oxygen atoms in total. The highest BCUT2D eigenvalue weighted by atomic mass is 16.5. The van der Waals surface area contributed by atoms with Gasteiger partial charge in [-0.3, -0.25) is 0 Å². The van der Waals surface area contributed by atoms with Crippen LogP contribution in [0.15, 0.2) is 12.1 Å². The normalized spacial score (nSPS) is 16.5. The maximum Gasteiger partial charge on any atom is 0.141 e. The second kappa shape index (κ2) is 8.55. The summed E-state index contributed by atoms with van der Waals surface area (Å²) in [5.74, 6) is 1.17. The summed E-state index contributed by atoms with van der Waals surface area (Å²) in [5.41, 5.74) is 1.13. The van der Waals surface area contributed by atoms with Gasteiger partial charge in [0, 0.05) is 24.2 Å². The maximum absolute atomic E-state index is 10.2. The summed E-state index contributed by atoms with van der Waals surface area (Å²) in [7, 11) is 1.59. The first-order chi connectivity index (χ1) is 11.8. The van der Waals surface area contributed by atoms with Gasteiger partial charge in [-0.15, -0.1) is 0 Å². The number of rotatable bonds is 7. The minimum atomic E-state index is -0.609. The van der Waals surface area contributed by atoms with Gasteiger partial charge in [0.2, 0.25) is 0 Å². The fourth-order valence-corrected chi connectivity index (χ4v) is 3.19. The van der Waals surface area contributed by atoms with E-state index in [-0.39, 0.29) is 12.0 Å². The lowest BCUT2D eigenvalue weighted by molar-refractivity contribution is 0.102. The minimum Gasteiger partial charge on any atom is -0.497 e. The van der Waals surface area contributed by atoms with E-state index in [0.29, 0.717) is 29.6 Å². The number of nitrogens with zero attached hydrogens (tertiary/aromatic N) is 1. The van der Waals surface area contributed by atoms with Crippen molar-refractivity contribution < 1.29 is 14.6 Å². The molecule has 0 spiro atoms. The van der Waals surface area contributed by atoms with E-state index in [1.807, 2.05) is 6.07 Å². The van der Waals surface area contributed by atoms with Gasteiger partial charge in [0.15, 0.2) is 0 Å². The highest BCUT2D eigenvalue weighted by molar-refractivity contribution is 5.55. The highest BCUT2D eigenvalue weighted by Gasteiger charge is 2.24. The lowest BCUT2D eigenvalue weighted by atomic mass is 9.85. The molecule has 1 saturated carbocycles. The van der Waals surface area contributed by atoms with Gasteiger partial charge in [-0.1, -0.05) is 33.6 Å². The molecule has 2 rings (SSSR count). The maximum atomic E-state index is 10.2. The lowest BCUT2D eigenvalue weighted by Crippen LogP contribution is -2.36. The van der Waals surface area contributed by atoms with Crippen LogP contribution in [0.5, 0.6) is 11.5 Å². The standard InChI is InChI=1S/C20H30N2O3/c1-20(2,3)18-10-17(24-4)9-14(11-21)19(18)25-13-16(23)12-22-15-7-5-6-8-15/h9-10,15-16,22-23H,5-8,12-13H2,1-4H3. The van der Waals surface area contributed by atoms with Gasteiger partial charge in [-0.25, -0.2) is 0 Å². The zero-order chi connectivity index (χ0) is 18.4. The van der Waals surface area contributed by atoms with E-state index in [1.165, 1.54) is 25.7 Å². The third-order valence-electron chi connectivity index (χ3n) is 4.64. The van der Waals surface area contributed by atoms with Gasteiger partial charge >= 0.3 is 0 Å². The number of benzene rings is 1. The summed E-state index contributed by atoms with van der Waals surface area (Å²) in [6, 6.07) is 6.27. The summed E-state index contributed by atoms with van der Waals surface area (Å²) in [6.07, 6.45) is 4.27. The molecule has 1 aliphatic carbocycles. The highest BCUT2D eigenvalue weighted by Crippen LogP contribution is 2.37. The molecular formula is C20H30N2O3. The average Bonchev–Trinajstić information content (AvgIpc) is 3.10. The first-order valence-electron chi connectivity index (χ1n) is 9.02. The molecule has 1 aromatic rings. The Morgan fingerprint density at radius 3 is 2.56 bits per heavy atom. The third-order valence-corrected chi connectivity index (χ3v) is 4.64. The van der Waals surface area contributed by atoms with Crippen LogP contribution in [0.4, 0.5) is 0 Å². The van der Waals surface area contributed by atoms with E-state index < -0.39 is 6.10 Å². The third kappa shape index (κ3) is 5.35. The van der Waals surface area contributed by atoms with Crippen LogP contribution < -0.4 is 14.8 Å². The Hall–Kier alpha value is -1.77. The van der Waals surface area contributed by atoms with Crippen molar-refractivity contribution in [2.75, 3.05) is 20.3 Å². The number of ether oxygens (including phenoxy) is 2. The molecule has 0 aromatic heterocycles. The van der Waals surface area contributed by atoms with Gasteiger partial charge in [0.25, 0.3) is 0 Å². The Balaban J connectivity index is 2.07. The van der Waals surface area contributed by atoms with Crippen molar-refractivity contribution in [3.8, 4) is 17.6 Å². The molecule has 25 heavy (non-hydrogen) atoms. The summed E-state index contributed by atoms with van der Waals surface area (Å²) in [6.45, 7) is 6.85. The van der Waals surface area contributed by atoms with Crippen LogP contribution in [0.2, 0.25) is 0 Å². The Labute approximate surface area is 150 Å². The SMILES string of the molecule is COc1cc(C#N)c(OCC(O)CNC2CCCC2)c(C(C)(C)C)c1. The van der Waals surface area contributed by atoms with Crippen LogP contribution in [-0.4, -0.2) is 37.5 Å². The molecule has 1 aliphatic rings. The molecule has 1 atom stereocenters. The van der Waals surface area contributed by atoms with E-state index in [0.717, 1.165) is 5.56 Å². The van der Waals surface area contributed by atoms with Gasteiger partial charge in [0.1, 0.15) is 30.3 Å². The fraction of sp³-hybridized carbons (Fsp3) is 0.650.